The maximum atomic E-state index is 12.9. The Hall–Kier alpha value is -3.01. The van der Waals surface area contributed by atoms with Crippen LogP contribution in [-0.2, 0) is 14.8 Å². The zero-order valence-corrected chi connectivity index (χ0v) is 18.0. The number of carbonyl (C=O) groups is 1. The molecule has 5 rings (SSSR count). The normalized spacial score (nSPS) is 17.2. The van der Waals surface area contributed by atoms with E-state index in [1.54, 1.807) is 29.6 Å². The Bertz CT molecular complexity index is 1300. The second-order valence-electron chi connectivity index (χ2n) is 7.26. The number of anilines is 1. The van der Waals surface area contributed by atoms with Crippen LogP contribution in [0.5, 0.6) is 0 Å². The van der Waals surface area contributed by atoms with Crippen LogP contribution >= 0.6 is 11.3 Å². The third kappa shape index (κ3) is 3.76. The summed E-state index contributed by atoms with van der Waals surface area (Å²) in [7, 11) is -3.67. The van der Waals surface area contributed by atoms with Gasteiger partial charge in [-0.3, -0.25) is 4.79 Å². The summed E-state index contributed by atoms with van der Waals surface area (Å²) < 4.78 is 33.1. The topological polar surface area (TPSA) is 92.5 Å². The van der Waals surface area contributed by atoms with Gasteiger partial charge in [-0.2, -0.15) is 4.31 Å². The molecule has 1 atom stereocenters. The van der Waals surface area contributed by atoms with Crippen LogP contribution in [0, 0.1) is 0 Å². The number of hydrogen-bond donors (Lipinski definition) is 1. The third-order valence-corrected chi connectivity index (χ3v) is 8.54. The summed E-state index contributed by atoms with van der Waals surface area (Å²) in [6, 6.07) is 17.2. The fraction of sp³-hybridized carbons (Fsp3) is 0.182. The van der Waals surface area contributed by atoms with Gasteiger partial charge in [0.25, 0.3) is 10.0 Å². The average Bonchev–Trinajstić information content (AvgIpc) is 3.54. The van der Waals surface area contributed by atoms with Gasteiger partial charge in [-0.05, 0) is 60.7 Å². The third-order valence-electron chi connectivity index (χ3n) is 5.26. The second-order valence-corrected chi connectivity index (χ2v) is 10.3. The molecule has 9 heteroatoms. The zero-order chi connectivity index (χ0) is 21.4. The van der Waals surface area contributed by atoms with Gasteiger partial charge in [0.1, 0.15) is 15.8 Å². The molecule has 158 valence electrons. The summed E-state index contributed by atoms with van der Waals surface area (Å²) >= 11 is 1.16. The minimum Gasteiger partial charge on any atom is -0.436 e. The molecule has 2 aromatic carbocycles. The monoisotopic (exact) mass is 453 g/mol. The number of nitrogens with zero attached hydrogens (tertiary/aromatic N) is 2. The Morgan fingerprint density at radius 1 is 1.10 bits per heavy atom. The van der Waals surface area contributed by atoms with Crippen molar-refractivity contribution in [2.45, 2.75) is 23.1 Å². The molecule has 1 saturated heterocycles. The molecule has 1 amide bonds. The molecule has 0 saturated carbocycles. The largest absolute Gasteiger partial charge is 0.436 e. The first kappa shape index (κ1) is 19.9. The summed E-state index contributed by atoms with van der Waals surface area (Å²) in [6.45, 7) is 0.342. The van der Waals surface area contributed by atoms with Gasteiger partial charge < -0.3 is 9.73 Å². The van der Waals surface area contributed by atoms with Gasteiger partial charge in [0.15, 0.2) is 5.58 Å². The number of benzene rings is 2. The fourth-order valence-corrected chi connectivity index (χ4v) is 6.51. The SMILES string of the molecule is O=C(Nc1ccc(-c2nc3ccccc3o2)cc1)C1CCCN1S(=O)(=O)c1cccs1. The Kier molecular flexibility index (Phi) is 5.09. The van der Waals surface area contributed by atoms with E-state index < -0.39 is 16.1 Å². The average molecular weight is 454 g/mol. The van der Waals surface area contributed by atoms with Crippen molar-refractivity contribution < 1.29 is 17.6 Å². The van der Waals surface area contributed by atoms with Crippen LogP contribution in [0.1, 0.15) is 12.8 Å². The number of hydrogen-bond acceptors (Lipinski definition) is 6. The van der Waals surface area contributed by atoms with Gasteiger partial charge in [-0.15, -0.1) is 11.3 Å². The standard InChI is InChI=1S/C22H19N3O4S2/c26-21(18-6-3-13-25(18)31(27,28)20-8-4-14-30-20)23-16-11-9-15(10-12-16)22-24-17-5-1-2-7-19(17)29-22/h1-2,4-5,7-12,14,18H,3,6,13H2,(H,23,26). The summed E-state index contributed by atoms with van der Waals surface area (Å²) in [5.74, 6) is 0.176. The highest BCUT2D eigenvalue weighted by molar-refractivity contribution is 7.91. The van der Waals surface area contributed by atoms with E-state index in [4.69, 9.17) is 4.42 Å². The number of thiophene rings is 1. The number of para-hydroxylation sites is 2. The first-order valence-corrected chi connectivity index (χ1v) is 12.2. The van der Waals surface area contributed by atoms with Crippen molar-refractivity contribution in [2.24, 2.45) is 0 Å². The van der Waals surface area contributed by atoms with Crippen molar-refractivity contribution in [2.75, 3.05) is 11.9 Å². The van der Waals surface area contributed by atoms with Crippen LogP contribution < -0.4 is 5.32 Å². The molecular weight excluding hydrogens is 434 g/mol. The van der Waals surface area contributed by atoms with E-state index in [2.05, 4.69) is 10.3 Å². The molecule has 1 N–H and O–H groups in total. The Morgan fingerprint density at radius 2 is 1.90 bits per heavy atom. The van der Waals surface area contributed by atoms with Crippen LogP contribution in [0.3, 0.4) is 0 Å². The molecule has 1 fully saturated rings. The molecular formula is C22H19N3O4S2. The lowest BCUT2D eigenvalue weighted by molar-refractivity contribution is -0.119. The molecule has 1 aliphatic heterocycles. The van der Waals surface area contributed by atoms with Crippen molar-refractivity contribution >= 4 is 44.1 Å². The van der Waals surface area contributed by atoms with Gasteiger partial charge in [-0.1, -0.05) is 18.2 Å². The summed E-state index contributed by atoms with van der Waals surface area (Å²) in [6.07, 6.45) is 1.15. The Morgan fingerprint density at radius 3 is 2.65 bits per heavy atom. The van der Waals surface area contributed by atoms with Crippen LogP contribution in [0.2, 0.25) is 0 Å². The van der Waals surface area contributed by atoms with E-state index in [9.17, 15) is 13.2 Å². The molecule has 0 radical (unpaired) electrons. The number of aromatic nitrogens is 1. The van der Waals surface area contributed by atoms with Crippen LogP contribution in [0.25, 0.3) is 22.6 Å². The summed E-state index contributed by atoms with van der Waals surface area (Å²) in [5.41, 5.74) is 2.87. The van der Waals surface area contributed by atoms with Crippen molar-refractivity contribution in [1.82, 2.24) is 9.29 Å². The lowest BCUT2D eigenvalue weighted by Crippen LogP contribution is -2.42. The number of fused-ring (bicyclic) bond motifs is 1. The van der Waals surface area contributed by atoms with Crippen LogP contribution in [-0.4, -0.2) is 36.2 Å². The minimum atomic E-state index is -3.67. The van der Waals surface area contributed by atoms with Gasteiger partial charge >= 0.3 is 0 Å². The number of oxazole rings is 1. The summed E-state index contributed by atoms with van der Waals surface area (Å²) in [4.78, 5) is 17.3. The highest BCUT2D eigenvalue weighted by Crippen LogP contribution is 2.30. The lowest BCUT2D eigenvalue weighted by Gasteiger charge is -2.22. The van der Waals surface area contributed by atoms with E-state index in [1.807, 2.05) is 36.4 Å². The van der Waals surface area contributed by atoms with E-state index in [0.29, 0.717) is 36.5 Å². The van der Waals surface area contributed by atoms with E-state index in [0.717, 1.165) is 22.4 Å². The highest BCUT2D eigenvalue weighted by Gasteiger charge is 2.39. The van der Waals surface area contributed by atoms with Crippen molar-refractivity contribution in [3.63, 3.8) is 0 Å². The van der Waals surface area contributed by atoms with Crippen molar-refractivity contribution in [3.05, 3.63) is 66.0 Å². The second kappa shape index (κ2) is 7.92. The van der Waals surface area contributed by atoms with E-state index >= 15 is 0 Å². The predicted molar refractivity (Wildman–Crippen MR) is 119 cm³/mol. The quantitative estimate of drug-likeness (QED) is 0.485. The molecule has 7 nitrogen and oxygen atoms in total. The molecule has 0 spiro atoms. The zero-order valence-electron chi connectivity index (χ0n) is 16.4. The number of sulfonamides is 1. The van der Waals surface area contributed by atoms with Crippen LogP contribution in [0.15, 0.2) is 74.7 Å². The maximum absolute atomic E-state index is 12.9. The van der Waals surface area contributed by atoms with Gasteiger partial charge in [-0.25, -0.2) is 13.4 Å². The predicted octanol–water partition coefficient (Wildman–Crippen LogP) is 4.35. The molecule has 1 aliphatic rings. The number of rotatable bonds is 5. The minimum absolute atomic E-state index is 0.259. The summed E-state index contributed by atoms with van der Waals surface area (Å²) in [5, 5.41) is 4.56. The molecule has 0 aliphatic carbocycles. The molecule has 3 heterocycles. The highest BCUT2D eigenvalue weighted by atomic mass is 32.2. The molecule has 2 aromatic heterocycles. The van der Waals surface area contributed by atoms with E-state index in [1.165, 1.54) is 4.31 Å². The lowest BCUT2D eigenvalue weighted by atomic mass is 10.2. The van der Waals surface area contributed by atoms with E-state index in [-0.39, 0.29) is 10.1 Å². The first-order valence-electron chi connectivity index (χ1n) is 9.84. The molecule has 1 unspecified atom stereocenters. The number of nitrogens with one attached hydrogen (secondary N) is 1. The number of carbonyl (C=O) groups excluding carboxylic acids is 1. The van der Waals surface area contributed by atoms with Gasteiger partial charge in [0, 0.05) is 17.8 Å². The molecule has 0 bridgehead atoms. The van der Waals surface area contributed by atoms with Gasteiger partial charge in [0.2, 0.25) is 11.8 Å². The molecule has 4 aromatic rings. The van der Waals surface area contributed by atoms with Gasteiger partial charge in [0.05, 0.1) is 0 Å². The first-order chi connectivity index (χ1) is 15.0. The smallest absolute Gasteiger partial charge is 0.253 e. The van der Waals surface area contributed by atoms with Crippen molar-refractivity contribution in [3.8, 4) is 11.5 Å². The number of amides is 1. The fourth-order valence-electron chi connectivity index (χ4n) is 3.73. The maximum Gasteiger partial charge on any atom is 0.253 e. The Balaban J connectivity index is 1.32. The van der Waals surface area contributed by atoms with Crippen molar-refractivity contribution in [1.29, 1.82) is 0 Å². The van der Waals surface area contributed by atoms with Crippen LogP contribution in [0.4, 0.5) is 5.69 Å². The molecule has 31 heavy (non-hydrogen) atoms. The Labute approximate surface area is 183 Å².